The molecule has 0 aliphatic carbocycles. The second kappa shape index (κ2) is 8.34. The molecule has 3 rings (SSSR count). The molecule has 0 spiro atoms. The number of carbonyl (C=O) groups excluding carboxylic acids is 1. The lowest BCUT2D eigenvalue weighted by Crippen LogP contribution is -2.03. The van der Waals surface area contributed by atoms with Gasteiger partial charge in [-0.25, -0.2) is 9.78 Å². The predicted molar refractivity (Wildman–Crippen MR) is 109 cm³/mol. The molecule has 0 saturated carbocycles. The van der Waals surface area contributed by atoms with Crippen LogP contribution in [0, 0.1) is 24.0 Å². The van der Waals surface area contributed by atoms with Gasteiger partial charge in [-0.1, -0.05) is 0 Å². The summed E-state index contributed by atoms with van der Waals surface area (Å²) < 4.78 is 6.77. The lowest BCUT2D eigenvalue weighted by Gasteiger charge is -2.10. The molecule has 0 aliphatic heterocycles. The van der Waals surface area contributed by atoms with E-state index in [-0.39, 0.29) is 11.7 Å². The van der Waals surface area contributed by atoms with E-state index in [1.54, 1.807) is 18.3 Å². The maximum atomic E-state index is 11.6. The minimum absolute atomic E-state index is 0.0821. The van der Waals surface area contributed by atoms with E-state index in [2.05, 4.69) is 15.5 Å². The number of aromatic nitrogens is 2. The van der Waals surface area contributed by atoms with Crippen molar-refractivity contribution in [3.8, 4) is 5.69 Å². The third-order valence-electron chi connectivity index (χ3n) is 4.36. The van der Waals surface area contributed by atoms with Gasteiger partial charge in [0.15, 0.2) is 0 Å². The Labute approximate surface area is 166 Å². The number of hydrogen-bond acceptors (Lipinski definition) is 7. The zero-order valence-electron chi connectivity index (χ0n) is 16.1. The number of nitro groups is 1. The van der Waals surface area contributed by atoms with Crippen LogP contribution < -0.4 is 5.43 Å². The van der Waals surface area contributed by atoms with Gasteiger partial charge in [0, 0.05) is 28.7 Å². The van der Waals surface area contributed by atoms with E-state index < -0.39 is 4.92 Å². The van der Waals surface area contributed by atoms with E-state index in [0.717, 1.165) is 22.6 Å². The molecule has 1 N–H and O–H groups in total. The first kappa shape index (κ1) is 19.7. The molecule has 29 heavy (non-hydrogen) atoms. The number of aryl methyl sites for hydroxylation is 1. The van der Waals surface area contributed by atoms with Gasteiger partial charge in [-0.15, -0.1) is 0 Å². The Morgan fingerprint density at radius 1 is 1.24 bits per heavy atom. The second-order valence-corrected chi connectivity index (χ2v) is 6.23. The Hall–Kier alpha value is -4.01. The van der Waals surface area contributed by atoms with E-state index in [4.69, 9.17) is 4.74 Å². The number of nitrogens with one attached hydrogen (secondary N) is 1. The first-order chi connectivity index (χ1) is 13.9. The minimum Gasteiger partial charge on any atom is -0.465 e. The zero-order chi connectivity index (χ0) is 21.0. The van der Waals surface area contributed by atoms with Gasteiger partial charge in [0.25, 0.3) is 5.69 Å². The van der Waals surface area contributed by atoms with Crippen molar-refractivity contribution in [3.05, 3.63) is 81.3 Å². The van der Waals surface area contributed by atoms with Gasteiger partial charge in [0.05, 0.1) is 23.8 Å². The molecule has 0 fully saturated rings. The number of hydrazone groups is 1. The first-order valence-electron chi connectivity index (χ1n) is 8.68. The van der Waals surface area contributed by atoms with E-state index in [1.807, 2.05) is 36.6 Å². The number of nitrogens with zero attached hydrogens (tertiary/aromatic N) is 4. The number of anilines is 1. The molecule has 0 radical (unpaired) electrons. The number of rotatable bonds is 6. The smallest absolute Gasteiger partial charge is 0.337 e. The number of hydrogen-bond donors (Lipinski definition) is 1. The van der Waals surface area contributed by atoms with Crippen molar-refractivity contribution in [2.75, 3.05) is 12.5 Å². The van der Waals surface area contributed by atoms with Crippen LogP contribution in [0.4, 0.5) is 11.5 Å². The molecule has 0 saturated heterocycles. The van der Waals surface area contributed by atoms with Crippen molar-refractivity contribution in [2.24, 2.45) is 5.10 Å². The van der Waals surface area contributed by atoms with Crippen molar-refractivity contribution in [3.63, 3.8) is 0 Å². The third-order valence-corrected chi connectivity index (χ3v) is 4.36. The van der Waals surface area contributed by atoms with E-state index in [1.165, 1.54) is 25.4 Å². The summed E-state index contributed by atoms with van der Waals surface area (Å²) in [7, 11) is 1.35. The number of methoxy groups -OCH3 is 1. The van der Waals surface area contributed by atoms with Crippen molar-refractivity contribution in [1.29, 1.82) is 0 Å². The fourth-order valence-corrected chi connectivity index (χ4v) is 2.91. The van der Waals surface area contributed by atoms with Crippen LogP contribution in [0.25, 0.3) is 5.69 Å². The van der Waals surface area contributed by atoms with Gasteiger partial charge in [0.2, 0.25) is 0 Å². The van der Waals surface area contributed by atoms with Gasteiger partial charge >= 0.3 is 5.97 Å². The van der Waals surface area contributed by atoms with Crippen molar-refractivity contribution < 1.29 is 14.5 Å². The Morgan fingerprint density at radius 2 is 1.97 bits per heavy atom. The van der Waals surface area contributed by atoms with Crippen molar-refractivity contribution in [2.45, 2.75) is 13.8 Å². The molecule has 0 bridgehead atoms. The topological polar surface area (TPSA) is 112 Å². The number of carbonyl (C=O) groups is 1. The second-order valence-electron chi connectivity index (χ2n) is 6.23. The third kappa shape index (κ3) is 4.29. The SMILES string of the molecule is COC(=O)c1ccc(-n2c(C)cc(C=NNc3ccc([N+](=O)[O-])cn3)c2C)cc1. The number of pyridine rings is 1. The predicted octanol–water partition coefficient (Wildman–Crippen LogP) is 3.63. The van der Waals surface area contributed by atoms with Crippen LogP contribution in [0.5, 0.6) is 0 Å². The Balaban J connectivity index is 1.77. The van der Waals surface area contributed by atoms with Crippen LogP contribution in [-0.4, -0.2) is 33.8 Å². The van der Waals surface area contributed by atoms with E-state index >= 15 is 0 Å². The van der Waals surface area contributed by atoms with Gasteiger partial charge in [-0.2, -0.15) is 5.10 Å². The first-order valence-corrected chi connectivity index (χ1v) is 8.68. The monoisotopic (exact) mass is 393 g/mol. The maximum Gasteiger partial charge on any atom is 0.337 e. The fourth-order valence-electron chi connectivity index (χ4n) is 2.91. The lowest BCUT2D eigenvalue weighted by atomic mass is 10.2. The maximum absolute atomic E-state index is 11.6. The summed E-state index contributed by atoms with van der Waals surface area (Å²) in [5, 5.41) is 14.8. The summed E-state index contributed by atoms with van der Waals surface area (Å²) in [6, 6.07) is 12.0. The fraction of sp³-hybridized carbons (Fsp3) is 0.150. The molecule has 0 amide bonds. The van der Waals surface area contributed by atoms with Crippen LogP contribution in [0.1, 0.15) is 27.3 Å². The standard InChI is InChI=1S/C20H19N5O4/c1-13-10-16(11-22-23-19-9-8-18(12-21-19)25(27)28)14(2)24(13)17-6-4-15(5-7-17)20(26)29-3/h4-12H,1-3H3,(H,21,23). The summed E-state index contributed by atoms with van der Waals surface area (Å²) in [4.78, 5) is 25.7. The highest BCUT2D eigenvalue weighted by atomic mass is 16.6. The average Bonchev–Trinajstić information content (AvgIpc) is 3.01. The van der Waals surface area contributed by atoms with Gasteiger partial charge < -0.3 is 9.30 Å². The average molecular weight is 393 g/mol. The highest BCUT2D eigenvalue weighted by Crippen LogP contribution is 2.20. The summed E-state index contributed by atoms with van der Waals surface area (Å²) >= 11 is 0. The molecule has 0 atom stereocenters. The molecule has 9 nitrogen and oxygen atoms in total. The van der Waals surface area contributed by atoms with Crippen LogP contribution in [0.15, 0.2) is 53.8 Å². The molecule has 3 aromatic rings. The van der Waals surface area contributed by atoms with Crippen LogP contribution in [-0.2, 0) is 4.74 Å². The molecule has 9 heteroatoms. The summed E-state index contributed by atoms with van der Waals surface area (Å²) in [6.07, 6.45) is 2.83. The number of benzene rings is 1. The normalized spacial score (nSPS) is 10.9. The molecular formula is C20H19N5O4. The van der Waals surface area contributed by atoms with Gasteiger partial charge in [-0.05, 0) is 50.2 Å². The van der Waals surface area contributed by atoms with Crippen LogP contribution in [0.3, 0.4) is 0 Å². The molecular weight excluding hydrogens is 374 g/mol. The Kier molecular flexibility index (Phi) is 5.68. The van der Waals surface area contributed by atoms with E-state index in [0.29, 0.717) is 11.4 Å². The Bertz CT molecular complexity index is 1070. The largest absolute Gasteiger partial charge is 0.465 e. The highest BCUT2D eigenvalue weighted by molar-refractivity contribution is 5.89. The van der Waals surface area contributed by atoms with E-state index in [9.17, 15) is 14.9 Å². The van der Waals surface area contributed by atoms with Crippen molar-refractivity contribution in [1.82, 2.24) is 9.55 Å². The Morgan fingerprint density at radius 3 is 2.55 bits per heavy atom. The van der Waals surface area contributed by atoms with Gasteiger partial charge in [-0.3, -0.25) is 15.5 Å². The highest BCUT2D eigenvalue weighted by Gasteiger charge is 2.11. The number of ether oxygens (including phenoxy) is 1. The minimum atomic E-state index is -0.507. The summed E-state index contributed by atoms with van der Waals surface area (Å²) in [5.41, 5.74) is 6.94. The molecule has 148 valence electrons. The summed E-state index contributed by atoms with van der Waals surface area (Å²) in [5.74, 6) is 0.0234. The quantitative estimate of drug-likeness (QED) is 0.296. The van der Waals surface area contributed by atoms with Gasteiger partial charge in [0.1, 0.15) is 12.0 Å². The molecule has 2 aromatic heterocycles. The lowest BCUT2D eigenvalue weighted by molar-refractivity contribution is -0.385. The molecule has 0 aliphatic rings. The molecule has 0 unspecified atom stereocenters. The molecule has 1 aromatic carbocycles. The summed E-state index contributed by atoms with van der Waals surface area (Å²) in [6.45, 7) is 3.94. The molecule has 2 heterocycles. The van der Waals surface area contributed by atoms with Crippen molar-refractivity contribution >= 4 is 23.7 Å². The number of esters is 1. The van der Waals surface area contributed by atoms with Crippen LogP contribution in [0.2, 0.25) is 0 Å². The van der Waals surface area contributed by atoms with Crippen LogP contribution >= 0.6 is 0 Å². The zero-order valence-corrected chi connectivity index (χ0v) is 16.1.